The van der Waals surface area contributed by atoms with E-state index < -0.39 is 0 Å². The molecule has 1 spiro atoms. The number of hydrogen-bond donors (Lipinski definition) is 0. The first-order valence-corrected chi connectivity index (χ1v) is 6.14. The van der Waals surface area contributed by atoms with E-state index in [-0.39, 0.29) is 72.3 Å². The Hall–Kier alpha value is 1.30. The van der Waals surface area contributed by atoms with Gasteiger partial charge in [0.25, 0.3) is 0 Å². The van der Waals surface area contributed by atoms with E-state index in [0.717, 1.165) is 6.54 Å². The van der Waals surface area contributed by atoms with Crippen molar-refractivity contribution in [1.29, 1.82) is 0 Å². The Balaban J connectivity index is 0.00000108. The van der Waals surface area contributed by atoms with Gasteiger partial charge in [-0.15, -0.1) is 6.54 Å². The Kier molecular flexibility index (Phi) is 9.26. The summed E-state index contributed by atoms with van der Waals surface area (Å²) in [4.78, 5) is 2.44. The third-order valence-corrected chi connectivity index (χ3v) is 4.14. The minimum Gasteiger partial charge on any atom is -0.333 e. The second-order valence-corrected chi connectivity index (χ2v) is 4.92. The first kappa shape index (κ1) is 20.3. The molecule has 1 aromatic carbocycles. The van der Waals surface area contributed by atoms with E-state index in [1.807, 2.05) is 0 Å². The summed E-state index contributed by atoms with van der Waals surface area (Å²) in [6, 6.07) is 8.83. The van der Waals surface area contributed by atoms with Gasteiger partial charge in [-0.25, -0.2) is 0 Å². The molecule has 98 valence electrons. The largest absolute Gasteiger partial charge is 0.333 e. The van der Waals surface area contributed by atoms with Gasteiger partial charge >= 0.3 is 0 Å². The Morgan fingerprint density at radius 2 is 1.79 bits per heavy atom. The number of nitrogens with zero attached hydrogens (tertiary/aromatic N) is 1. The maximum absolute atomic E-state index is 3.98. The number of allylic oxidation sites excluding steroid dienone is 1. The minimum atomic E-state index is 0. The number of rotatable bonds is 1. The molecule has 3 rings (SSSR count). The van der Waals surface area contributed by atoms with Gasteiger partial charge in [-0.05, 0) is 37.1 Å². The molecule has 1 heterocycles. The van der Waals surface area contributed by atoms with Crippen LogP contribution in [0.3, 0.4) is 0 Å². The molecule has 1 aliphatic heterocycles. The van der Waals surface area contributed by atoms with Crippen LogP contribution < -0.4 is 0 Å². The fourth-order valence-electron chi connectivity index (χ4n) is 3.05. The van der Waals surface area contributed by atoms with Crippen molar-refractivity contribution in [2.75, 3.05) is 19.6 Å². The molecule has 4 heteroatoms. The van der Waals surface area contributed by atoms with Crippen molar-refractivity contribution >= 4 is 6.08 Å². The third-order valence-electron chi connectivity index (χ3n) is 4.14. The van der Waals surface area contributed by atoms with E-state index in [1.165, 1.54) is 31.5 Å². The van der Waals surface area contributed by atoms with Crippen molar-refractivity contribution in [1.82, 2.24) is 4.90 Å². The zero-order valence-electron chi connectivity index (χ0n) is 11.1. The average molecular weight is 536 g/mol. The first-order valence-electron chi connectivity index (χ1n) is 6.14. The van der Waals surface area contributed by atoms with Crippen molar-refractivity contribution in [2.45, 2.75) is 18.3 Å². The quantitative estimate of drug-likeness (QED) is 0.500. The Morgan fingerprint density at radius 3 is 2.42 bits per heavy atom. The minimum absolute atomic E-state index is 0. The van der Waals surface area contributed by atoms with E-state index in [4.69, 9.17) is 0 Å². The molecular weight excluding hydrogens is 518 g/mol. The van der Waals surface area contributed by atoms with Gasteiger partial charge in [0.15, 0.2) is 0 Å². The summed E-state index contributed by atoms with van der Waals surface area (Å²) in [7, 11) is 0. The molecule has 0 amide bonds. The fraction of sp³-hybridized carbons (Fsp3) is 0.400. The van der Waals surface area contributed by atoms with Gasteiger partial charge in [-0.3, -0.25) is 0 Å². The van der Waals surface area contributed by atoms with Crippen LogP contribution in [0.2, 0.25) is 0 Å². The van der Waals surface area contributed by atoms with Crippen molar-refractivity contribution in [2.24, 2.45) is 0 Å². The second-order valence-electron chi connectivity index (χ2n) is 4.92. The van der Waals surface area contributed by atoms with Crippen LogP contribution in [0.1, 0.15) is 24.0 Å². The summed E-state index contributed by atoms with van der Waals surface area (Å²) in [5, 5.41) is 0. The van der Waals surface area contributed by atoms with Crippen LogP contribution in [0.4, 0.5) is 0 Å². The summed E-state index contributed by atoms with van der Waals surface area (Å²) < 4.78 is 0. The van der Waals surface area contributed by atoms with Crippen molar-refractivity contribution < 1.29 is 72.3 Å². The van der Waals surface area contributed by atoms with Crippen LogP contribution in [0.25, 0.3) is 6.08 Å². The molecule has 19 heavy (non-hydrogen) atoms. The fourth-order valence-corrected chi connectivity index (χ4v) is 3.05. The molecule has 0 unspecified atom stereocenters. The topological polar surface area (TPSA) is 3.24 Å². The summed E-state index contributed by atoms with van der Waals surface area (Å²) in [5.74, 6) is 0. The van der Waals surface area contributed by atoms with Crippen molar-refractivity contribution in [3.05, 3.63) is 48.4 Å². The summed E-state index contributed by atoms with van der Waals surface area (Å²) in [5.41, 5.74) is 3.30. The molecule has 1 saturated heterocycles. The molecule has 0 saturated carbocycles. The number of benzene rings is 1. The van der Waals surface area contributed by atoms with Gasteiger partial charge in [0.1, 0.15) is 0 Å². The van der Waals surface area contributed by atoms with Crippen LogP contribution in [0.15, 0.2) is 30.3 Å². The Bertz CT molecular complexity index is 428. The maximum Gasteiger partial charge on any atom is 0.0165 e. The van der Waals surface area contributed by atoms with Gasteiger partial charge in [0, 0.05) is 77.7 Å². The van der Waals surface area contributed by atoms with Gasteiger partial charge in [-0.2, -0.15) is 0 Å². The molecule has 0 atom stereocenters. The molecule has 1 aliphatic carbocycles. The summed E-state index contributed by atoms with van der Waals surface area (Å²) >= 11 is 0. The van der Waals surface area contributed by atoms with Crippen LogP contribution in [0.5, 0.6) is 0 Å². The number of fused-ring (bicyclic) bond motifs is 2. The van der Waals surface area contributed by atoms with E-state index in [2.05, 4.69) is 48.2 Å². The van der Waals surface area contributed by atoms with E-state index in [9.17, 15) is 0 Å². The van der Waals surface area contributed by atoms with Crippen LogP contribution in [0, 0.1) is 6.92 Å². The molecule has 2 radical (unpaired) electrons. The normalized spacial score (nSPS) is 19.0. The van der Waals surface area contributed by atoms with Gasteiger partial charge in [0.2, 0.25) is 0 Å². The zero-order chi connectivity index (χ0) is 11.0. The molecule has 1 fully saturated rings. The number of hydrogen-bond acceptors (Lipinski definition) is 1. The smallest absolute Gasteiger partial charge is 0.0165 e. The van der Waals surface area contributed by atoms with Crippen molar-refractivity contribution in [3.63, 3.8) is 0 Å². The molecule has 2 aliphatic rings. The maximum atomic E-state index is 3.98. The Labute approximate surface area is 168 Å². The molecule has 1 nitrogen and oxygen atoms in total. The van der Waals surface area contributed by atoms with Crippen LogP contribution >= 0.6 is 0 Å². The Morgan fingerprint density at radius 1 is 1.16 bits per heavy atom. The second kappa shape index (κ2) is 8.67. The molecule has 0 N–H and O–H groups in total. The molecular formula is C15H18NVWY-. The monoisotopic (exact) mass is 536 g/mol. The van der Waals surface area contributed by atoms with E-state index >= 15 is 0 Å². The van der Waals surface area contributed by atoms with Gasteiger partial charge in [-0.1, -0.05) is 36.4 Å². The summed E-state index contributed by atoms with van der Waals surface area (Å²) in [6.45, 7) is 7.29. The molecule has 0 aromatic heterocycles. The predicted molar refractivity (Wildman–Crippen MR) is 68.2 cm³/mol. The molecule has 0 bridgehead atoms. The number of likely N-dealkylation sites (tertiary alicyclic amines) is 1. The number of piperidine rings is 1. The van der Waals surface area contributed by atoms with Gasteiger partial charge < -0.3 is 11.8 Å². The third kappa shape index (κ3) is 3.94. The average Bonchev–Trinajstić information content (AvgIpc) is 2.71. The predicted octanol–water partition coefficient (Wildman–Crippen LogP) is 2.87. The van der Waals surface area contributed by atoms with Crippen molar-refractivity contribution in [3.8, 4) is 0 Å². The van der Waals surface area contributed by atoms with Crippen LogP contribution in [-0.4, -0.2) is 24.5 Å². The summed E-state index contributed by atoms with van der Waals surface area (Å²) in [6.07, 6.45) is 7.22. The first-order chi connectivity index (χ1) is 7.84. The van der Waals surface area contributed by atoms with E-state index in [0.29, 0.717) is 5.41 Å². The molecule has 1 aromatic rings. The van der Waals surface area contributed by atoms with Gasteiger partial charge in [0.05, 0.1) is 0 Å². The van der Waals surface area contributed by atoms with E-state index in [1.54, 1.807) is 5.56 Å². The van der Waals surface area contributed by atoms with Crippen LogP contribution in [-0.2, 0) is 77.7 Å². The SMILES string of the molecule is [CH2-]CN1CCC2(C=Cc3ccccc32)CC1.[V].[W].[Y]. The zero-order valence-corrected chi connectivity index (χ0v) is 18.3. The standard InChI is InChI=1S/C15H18N.V.W.Y/c1-2-16-11-9-15(10-12-16)8-7-13-5-3-4-6-14(13)15;;;/h3-8H,1-2,9-12H2;;;/q-1;;;.